The number of urea groups is 1. The lowest BCUT2D eigenvalue weighted by atomic mass is 9.53. The van der Waals surface area contributed by atoms with Crippen LogP contribution in [-0.4, -0.2) is 11.6 Å². The van der Waals surface area contributed by atoms with Gasteiger partial charge in [-0.2, -0.15) is 0 Å². The van der Waals surface area contributed by atoms with Gasteiger partial charge in [0.1, 0.15) is 0 Å². The third-order valence-corrected chi connectivity index (χ3v) is 4.61. The molecule has 0 radical (unpaired) electrons. The summed E-state index contributed by atoms with van der Waals surface area (Å²) < 4.78 is 0. The lowest BCUT2D eigenvalue weighted by molar-refractivity contribution is -0.0246. The second kappa shape index (κ2) is 3.60. The first-order valence-electron chi connectivity index (χ1n) is 6.23. The van der Waals surface area contributed by atoms with E-state index in [9.17, 15) is 4.79 Å². The Morgan fingerprint density at radius 3 is 2.00 bits per heavy atom. The monoisotopic (exact) mass is 224 g/mol. The molecule has 0 spiro atoms. The molecule has 90 valence electrons. The number of amides is 2. The van der Waals surface area contributed by atoms with Gasteiger partial charge in [0.25, 0.3) is 0 Å². The molecule has 4 aliphatic carbocycles. The average molecular weight is 224 g/mol. The first kappa shape index (κ1) is 10.4. The summed E-state index contributed by atoms with van der Waals surface area (Å²) in [5.74, 6) is 7.68. The number of hydrogen-bond donors (Lipinski definition) is 4. The molecule has 4 fully saturated rings. The van der Waals surface area contributed by atoms with Crippen molar-refractivity contribution in [1.29, 1.82) is 0 Å². The zero-order valence-electron chi connectivity index (χ0n) is 9.46. The second-order valence-corrected chi connectivity index (χ2v) is 5.92. The Labute approximate surface area is 95.5 Å². The second-order valence-electron chi connectivity index (χ2n) is 5.92. The molecular weight excluding hydrogens is 204 g/mol. The molecule has 5 heteroatoms. The van der Waals surface area contributed by atoms with E-state index >= 15 is 0 Å². The van der Waals surface area contributed by atoms with Crippen LogP contribution in [0.25, 0.3) is 0 Å². The van der Waals surface area contributed by atoms with Crippen LogP contribution >= 0.6 is 0 Å². The number of carbonyl (C=O) groups is 1. The Bertz CT molecular complexity index is 269. The largest absolute Gasteiger partial charge is 0.343 e. The van der Waals surface area contributed by atoms with Gasteiger partial charge in [-0.25, -0.2) is 16.1 Å². The standard InChI is InChI=1S/C11H20N4O/c12-13-10(16)14-15-11-4-7-1-8(5-11)3-9(2-7)6-11/h7-9,15H,1-6,12H2,(H2,13,14,16). The Balaban J connectivity index is 1.67. The molecule has 4 bridgehead atoms. The molecule has 0 aromatic carbocycles. The van der Waals surface area contributed by atoms with E-state index < -0.39 is 0 Å². The van der Waals surface area contributed by atoms with Crippen LogP contribution in [0.2, 0.25) is 0 Å². The van der Waals surface area contributed by atoms with Crippen molar-refractivity contribution < 1.29 is 4.79 Å². The van der Waals surface area contributed by atoms with Gasteiger partial charge in [-0.1, -0.05) is 0 Å². The first-order valence-corrected chi connectivity index (χ1v) is 6.23. The molecule has 0 aliphatic heterocycles. The SMILES string of the molecule is NNC(=O)NNC12CC3CC(CC(C3)C1)C2. The molecule has 0 saturated heterocycles. The Kier molecular flexibility index (Phi) is 2.33. The highest BCUT2D eigenvalue weighted by atomic mass is 16.2. The van der Waals surface area contributed by atoms with Gasteiger partial charge < -0.3 is 0 Å². The minimum atomic E-state index is -0.351. The zero-order valence-corrected chi connectivity index (χ0v) is 9.46. The quantitative estimate of drug-likeness (QED) is 0.315. The van der Waals surface area contributed by atoms with Crippen LogP contribution in [0, 0.1) is 17.8 Å². The minimum Gasteiger partial charge on any atom is -0.275 e. The van der Waals surface area contributed by atoms with Crippen molar-refractivity contribution in [3.05, 3.63) is 0 Å². The maximum atomic E-state index is 11.1. The number of rotatable bonds is 2. The summed E-state index contributed by atoms with van der Waals surface area (Å²) >= 11 is 0. The average Bonchev–Trinajstić information content (AvgIpc) is 2.24. The van der Waals surface area contributed by atoms with Crippen molar-refractivity contribution in [2.24, 2.45) is 23.6 Å². The van der Waals surface area contributed by atoms with E-state index in [1.54, 1.807) is 0 Å². The topological polar surface area (TPSA) is 79.2 Å². The van der Waals surface area contributed by atoms with E-state index in [1.807, 2.05) is 0 Å². The maximum absolute atomic E-state index is 11.1. The van der Waals surface area contributed by atoms with Crippen molar-refractivity contribution in [1.82, 2.24) is 16.3 Å². The van der Waals surface area contributed by atoms with Gasteiger partial charge in [0, 0.05) is 5.54 Å². The number of carbonyl (C=O) groups excluding carboxylic acids is 1. The summed E-state index contributed by atoms with van der Waals surface area (Å²) in [6.45, 7) is 0. The predicted octanol–water partition coefficient (Wildman–Crippen LogP) is 0.633. The minimum absolute atomic E-state index is 0.154. The summed E-state index contributed by atoms with van der Waals surface area (Å²) in [7, 11) is 0. The molecule has 4 saturated carbocycles. The third-order valence-electron chi connectivity index (χ3n) is 4.61. The molecule has 5 nitrogen and oxygen atoms in total. The maximum Gasteiger partial charge on any atom is 0.343 e. The van der Waals surface area contributed by atoms with Crippen LogP contribution in [0.15, 0.2) is 0 Å². The number of hydrazine groups is 2. The Morgan fingerprint density at radius 1 is 1.06 bits per heavy atom. The lowest BCUT2D eigenvalue weighted by Crippen LogP contribution is -2.64. The first-order chi connectivity index (χ1) is 7.69. The van der Waals surface area contributed by atoms with E-state index in [0.29, 0.717) is 0 Å². The summed E-state index contributed by atoms with van der Waals surface area (Å²) in [5.41, 5.74) is 8.14. The lowest BCUT2D eigenvalue weighted by Gasteiger charge is -2.56. The fourth-order valence-corrected chi connectivity index (χ4v) is 4.49. The Morgan fingerprint density at radius 2 is 1.56 bits per heavy atom. The summed E-state index contributed by atoms with van der Waals surface area (Å²) in [6.07, 6.45) is 7.86. The van der Waals surface area contributed by atoms with E-state index in [4.69, 9.17) is 5.84 Å². The Hall–Kier alpha value is -0.810. The fourth-order valence-electron chi connectivity index (χ4n) is 4.49. The highest BCUT2D eigenvalue weighted by Gasteiger charge is 2.50. The molecule has 0 heterocycles. The predicted molar refractivity (Wildman–Crippen MR) is 59.9 cm³/mol. The van der Waals surface area contributed by atoms with Crippen LogP contribution in [-0.2, 0) is 0 Å². The summed E-state index contributed by atoms with van der Waals surface area (Å²) in [4.78, 5) is 11.1. The van der Waals surface area contributed by atoms with Crippen LogP contribution in [0.4, 0.5) is 4.79 Å². The van der Waals surface area contributed by atoms with Gasteiger partial charge in [-0.3, -0.25) is 10.9 Å². The van der Waals surface area contributed by atoms with Crippen molar-refractivity contribution in [3.63, 3.8) is 0 Å². The summed E-state index contributed by atoms with van der Waals surface area (Å²) in [6, 6.07) is -0.351. The highest BCUT2D eigenvalue weighted by Crippen LogP contribution is 2.55. The molecular formula is C11H20N4O. The van der Waals surface area contributed by atoms with Crippen LogP contribution in [0.5, 0.6) is 0 Å². The van der Waals surface area contributed by atoms with Crippen molar-refractivity contribution in [2.45, 2.75) is 44.1 Å². The van der Waals surface area contributed by atoms with Gasteiger partial charge in [-0.05, 0) is 56.3 Å². The van der Waals surface area contributed by atoms with Crippen LogP contribution in [0.1, 0.15) is 38.5 Å². The van der Waals surface area contributed by atoms with Crippen molar-refractivity contribution in [2.75, 3.05) is 0 Å². The van der Waals surface area contributed by atoms with Gasteiger partial charge >= 0.3 is 6.03 Å². The smallest absolute Gasteiger partial charge is 0.275 e. The third kappa shape index (κ3) is 1.68. The number of nitrogens with one attached hydrogen (secondary N) is 3. The van der Waals surface area contributed by atoms with Crippen LogP contribution < -0.4 is 22.1 Å². The number of hydrogen-bond acceptors (Lipinski definition) is 3. The number of nitrogens with two attached hydrogens (primary N) is 1. The van der Waals surface area contributed by atoms with E-state index in [1.165, 1.54) is 38.5 Å². The normalized spacial score (nSPS) is 44.4. The van der Waals surface area contributed by atoms with Gasteiger partial charge in [-0.15, -0.1) is 0 Å². The van der Waals surface area contributed by atoms with E-state index in [2.05, 4.69) is 16.3 Å². The molecule has 16 heavy (non-hydrogen) atoms. The fraction of sp³-hybridized carbons (Fsp3) is 0.909. The molecule has 4 aliphatic rings. The van der Waals surface area contributed by atoms with E-state index in [0.717, 1.165) is 17.8 Å². The van der Waals surface area contributed by atoms with Crippen molar-refractivity contribution >= 4 is 6.03 Å². The molecule has 0 aromatic heterocycles. The van der Waals surface area contributed by atoms with Gasteiger partial charge in [0.15, 0.2) is 0 Å². The highest BCUT2D eigenvalue weighted by molar-refractivity contribution is 5.72. The zero-order chi connectivity index (χ0) is 11.2. The molecule has 0 unspecified atom stereocenters. The molecule has 2 amide bonds. The summed E-state index contributed by atoms with van der Waals surface area (Å²) in [5, 5.41) is 0. The molecule has 0 aromatic rings. The van der Waals surface area contributed by atoms with E-state index in [-0.39, 0.29) is 11.6 Å². The van der Waals surface area contributed by atoms with Crippen LogP contribution in [0.3, 0.4) is 0 Å². The van der Waals surface area contributed by atoms with Gasteiger partial charge in [0.2, 0.25) is 0 Å². The molecule has 5 N–H and O–H groups in total. The van der Waals surface area contributed by atoms with Gasteiger partial charge in [0.05, 0.1) is 0 Å². The molecule has 0 atom stereocenters. The van der Waals surface area contributed by atoms with Crippen molar-refractivity contribution in [3.8, 4) is 0 Å². The molecule has 4 rings (SSSR count).